The van der Waals surface area contributed by atoms with Gasteiger partial charge in [-0.3, -0.25) is 4.99 Å². The molecule has 1 N–H and O–H groups in total. The van der Waals surface area contributed by atoms with Gasteiger partial charge < -0.3 is 19.9 Å². The van der Waals surface area contributed by atoms with E-state index in [4.69, 9.17) is 4.74 Å². The van der Waals surface area contributed by atoms with Gasteiger partial charge in [-0.15, -0.1) is 0 Å². The number of hydrogen-bond donors (Lipinski definition) is 1. The quantitative estimate of drug-likeness (QED) is 0.468. The molecule has 1 fully saturated rings. The molecule has 1 aliphatic rings. The van der Waals surface area contributed by atoms with E-state index in [1.807, 2.05) is 19.2 Å². The summed E-state index contributed by atoms with van der Waals surface area (Å²) in [4.78, 5) is 9.15. The number of nitrogens with one attached hydrogen (secondary N) is 1. The normalized spacial score (nSPS) is 16.7. The second-order valence-electron chi connectivity index (χ2n) is 7.06. The Morgan fingerprint density at radius 1 is 1.28 bits per heavy atom. The summed E-state index contributed by atoms with van der Waals surface area (Å²) < 4.78 is 5.21. The lowest BCUT2D eigenvalue weighted by atomic mass is 9.99. The number of methoxy groups -OCH3 is 1. The molecule has 0 aromatic heterocycles. The van der Waals surface area contributed by atoms with E-state index >= 15 is 0 Å². The minimum Gasteiger partial charge on any atom is -0.497 e. The SMILES string of the molecule is CN=C(NCCCN1CCC(C)CC1)N(C)Cc1ccc(OC)cc1. The van der Waals surface area contributed by atoms with E-state index < -0.39 is 0 Å². The van der Waals surface area contributed by atoms with E-state index in [-0.39, 0.29) is 0 Å². The Labute approximate surface area is 153 Å². The Morgan fingerprint density at radius 3 is 2.56 bits per heavy atom. The van der Waals surface area contributed by atoms with Crippen molar-refractivity contribution < 1.29 is 4.74 Å². The largest absolute Gasteiger partial charge is 0.497 e. The second-order valence-corrected chi connectivity index (χ2v) is 7.06. The highest BCUT2D eigenvalue weighted by atomic mass is 16.5. The van der Waals surface area contributed by atoms with Gasteiger partial charge in [0.05, 0.1) is 7.11 Å². The van der Waals surface area contributed by atoms with Crippen molar-refractivity contribution in [1.82, 2.24) is 15.1 Å². The first-order valence-corrected chi connectivity index (χ1v) is 9.39. The van der Waals surface area contributed by atoms with Gasteiger partial charge in [0.25, 0.3) is 0 Å². The number of hydrogen-bond acceptors (Lipinski definition) is 3. The molecule has 0 atom stereocenters. The third-order valence-corrected chi connectivity index (χ3v) is 4.96. The summed E-state index contributed by atoms with van der Waals surface area (Å²) in [5.74, 6) is 2.74. The van der Waals surface area contributed by atoms with Gasteiger partial charge in [0, 0.05) is 27.2 Å². The van der Waals surface area contributed by atoms with Crippen molar-refractivity contribution in [2.75, 3.05) is 47.4 Å². The molecule has 2 rings (SSSR count). The molecule has 5 nitrogen and oxygen atoms in total. The molecule has 0 aliphatic carbocycles. The van der Waals surface area contributed by atoms with E-state index in [2.05, 4.69) is 46.2 Å². The molecule has 0 bridgehead atoms. The highest BCUT2D eigenvalue weighted by molar-refractivity contribution is 5.79. The predicted octanol–water partition coefficient (Wildman–Crippen LogP) is 2.82. The van der Waals surface area contributed by atoms with Crippen LogP contribution in [0.4, 0.5) is 0 Å². The van der Waals surface area contributed by atoms with E-state index in [0.717, 1.165) is 37.1 Å². The van der Waals surface area contributed by atoms with Crippen molar-refractivity contribution in [1.29, 1.82) is 0 Å². The van der Waals surface area contributed by atoms with Gasteiger partial charge in [-0.05, 0) is 62.5 Å². The number of ether oxygens (including phenoxy) is 1. The van der Waals surface area contributed by atoms with Crippen LogP contribution in [0.15, 0.2) is 29.3 Å². The standard InChI is InChI=1S/C20H34N4O/c1-17-10-14-24(15-11-17)13-5-12-22-20(21-2)23(3)16-18-6-8-19(25-4)9-7-18/h6-9,17H,5,10-16H2,1-4H3,(H,21,22). The van der Waals surface area contributed by atoms with Gasteiger partial charge in [-0.1, -0.05) is 19.1 Å². The van der Waals surface area contributed by atoms with Crippen LogP contribution in [-0.2, 0) is 6.54 Å². The number of aliphatic imine (C=N–C) groups is 1. The van der Waals surface area contributed by atoms with Crippen LogP contribution in [-0.4, -0.2) is 63.1 Å². The van der Waals surface area contributed by atoms with Crippen LogP contribution in [0.3, 0.4) is 0 Å². The molecule has 1 heterocycles. The van der Waals surface area contributed by atoms with Crippen molar-refractivity contribution >= 4 is 5.96 Å². The molecule has 0 spiro atoms. The van der Waals surface area contributed by atoms with E-state index in [9.17, 15) is 0 Å². The van der Waals surface area contributed by atoms with Gasteiger partial charge in [-0.2, -0.15) is 0 Å². The summed E-state index contributed by atoms with van der Waals surface area (Å²) >= 11 is 0. The zero-order valence-electron chi connectivity index (χ0n) is 16.3. The van der Waals surface area contributed by atoms with Crippen LogP contribution in [0.5, 0.6) is 5.75 Å². The van der Waals surface area contributed by atoms with Crippen molar-refractivity contribution in [3.05, 3.63) is 29.8 Å². The first-order chi connectivity index (χ1) is 12.1. The fourth-order valence-corrected chi connectivity index (χ4v) is 3.25. The van der Waals surface area contributed by atoms with Crippen molar-refractivity contribution in [3.8, 4) is 5.75 Å². The second kappa shape index (κ2) is 10.3. The van der Waals surface area contributed by atoms with Crippen molar-refractivity contribution in [2.45, 2.75) is 32.7 Å². The lowest BCUT2D eigenvalue weighted by Gasteiger charge is -2.30. The molecule has 0 saturated carbocycles. The van der Waals surface area contributed by atoms with Crippen LogP contribution in [0.25, 0.3) is 0 Å². The van der Waals surface area contributed by atoms with Crippen LogP contribution in [0.2, 0.25) is 0 Å². The van der Waals surface area contributed by atoms with Crippen LogP contribution >= 0.6 is 0 Å². The molecular formula is C20H34N4O. The molecule has 0 unspecified atom stereocenters. The molecule has 1 saturated heterocycles. The molecular weight excluding hydrogens is 312 g/mol. The van der Waals surface area contributed by atoms with Crippen molar-refractivity contribution in [2.24, 2.45) is 10.9 Å². The fourth-order valence-electron chi connectivity index (χ4n) is 3.25. The molecule has 1 aliphatic heterocycles. The number of rotatable bonds is 7. The average molecular weight is 347 g/mol. The van der Waals surface area contributed by atoms with Crippen LogP contribution in [0, 0.1) is 5.92 Å². The van der Waals surface area contributed by atoms with E-state index in [1.165, 1.54) is 38.0 Å². The zero-order chi connectivity index (χ0) is 18.1. The Morgan fingerprint density at radius 2 is 1.96 bits per heavy atom. The Balaban J connectivity index is 1.69. The molecule has 1 aromatic carbocycles. The summed E-state index contributed by atoms with van der Waals surface area (Å²) in [6.07, 6.45) is 3.85. The molecule has 0 radical (unpaired) electrons. The minimum atomic E-state index is 0.827. The van der Waals surface area contributed by atoms with Gasteiger partial charge in [0.15, 0.2) is 5.96 Å². The number of benzene rings is 1. The molecule has 0 amide bonds. The molecule has 5 heteroatoms. The molecule has 25 heavy (non-hydrogen) atoms. The molecule has 1 aromatic rings. The van der Waals surface area contributed by atoms with Gasteiger partial charge >= 0.3 is 0 Å². The maximum absolute atomic E-state index is 5.21. The smallest absolute Gasteiger partial charge is 0.193 e. The fraction of sp³-hybridized carbons (Fsp3) is 0.650. The Kier molecular flexibility index (Phi) is 8.06. The summed E-state index contributed by atoms with van der Waals surface area (Å²) in [5, 5.41) is 3.48. The predicted molar refractivity (Wildman–Crippen MR) is 105 cm³/mol. The topological polar surface area (TPSA) is 40.1 Å². The number of piperidine rings is 1. The monoisotopic (exact) mass is 346 g/mol. The summed E-state index contributed by atoms with van der Waals surface area (Å²) in [6, 6.07) is 8.19. The van der Waals surface area contributed by atoms with E-state index in [0.29, 0.717) is 0 Å². The Hall–Kier alpha value is -1.75. The first-order valence-electron chi connectivity index (χ1n) is 9.39. The maximum atomic E-state index is 5.21. The zero-order valence-corrected chi connectivity index (χ0v) is 16.3. The first kappa shape index (κ1) is 19.6. The molecule has 140 valence electrons. The lowest BCUT2D eigenvalue weighted by Crippen LogP contribution is -2.40. The van der Waals surface area contributed by atoms with Crippen LogP contribution in [0.1, 0.15) is 31.7 Å². The van der Waals surface area contributed by atoms with Gasteiger partial charge in [0.2, 0.25) is 0 Å². The number of nitrogens with zero attached hydrogens (tertiary/aromatic N) is 3. The third-order valence-electron chi connectivity index (χ3n) is 4.96. The van der Waals surface area contributed by atoms with Crippen molar-refractivity contribution in [3.63, 3.8) is 0 Å². The number of likely N-dealkylation sites (tertiary alicyclic amines) is 1. The van der Waals surface area contributed by atoms with E-state index in [1.54, 1.807) is 7.11 Å². The highest BCUT2D eigenvalue weighted by Crippen LogP contribution is 2.15. The lowest BCUT2D eigenvalue weighted by molar-refractivity contribution is 0.191. The third kappa shape index (κ3) is 6.58. The number of guanidine groups is 1. The van der Waals surface area contributed by atoms with Gasteiger partial charge in [-0.25, -0.2) is 0 Å². The highest BCUT2D eigenvalue weighted by Gasteiger charge is 2.15. The summed E-state index contributed by atoms with van der Waals surface area (Å²) in [7, 11) is 5.61. The van der Waals surface area contributed by atoms with Gasteiger partial charge in [0.1, 0.15) is 5.75 Å². The Bertz CT molecular complexity index is 521. The maximum Gasteiger partial charge on any atom is 0.193 e. The summed E-state index contributed by atoms with van der Waals surface area (Å²) in [6.45, 7) is 7.85. The summed E-state index contributed by atoms with van der Waals surface area (Å²) in [5.41, 5.74) is 1.24. The van der Waals surface area contributed by atoms with Crippen LogP contribution < -0.4 is 10.1 Å². The minimum absolute atomic E-state index is 0.827. The average Bonchev–Trinajstić information content (AvgIpc) is 2.64.